The Balaban J connectivity index is 1.83. The van der Waals surface area contributed by atoms with E-state index in [0.717, 1.165) is 50.4 Å². The Bertz CT molecular complexity index is 705. The van der Waals surface area contributed by atoms with Crippen molar-refractivity contribution < 1.29 is 19.7 Å². The minimum absolute atomic E-state index is 0.361. The van der Waals surface area contributed by atoms with Crippen molar-refractivity contribution >= 4 is 0 Å². The van der Waals surface area contributed by atoms with Crippen LogP contribution in [0.2, 0.25) is 0 Å². The Labute approximate surface area is 312 Å². The molecule has 0 aliphatic rings. The molecule has 0 atom stereocenters. The first-order chi connectivity index (χ1) is 24.9. The van der Waals surface area contributed by atoms with Crippen molar-refractivity contribution in [3.8, 4) is 11.5 Å². The molecule has 4 heteroatoms. The van der Waals surface area contributed by atoms with Crippen molar-refractivity contribution in [2.45, 2.75) is 231 Å². The number of para-hydroxylation sites is 2. The summed E-state index contributed by atoms with van der Waals surface area (Å²) < 4.78 is 12.2. The van der Waals surface area contributed by atoms with Gasteiger partial charge in [-0.05, 0) is 37.8 Å². The van der Waals surface area contributed by atoms with Crippen LogP contribution < -0.4 is 9.47 Å². The molecular weight excluding hydrogens is 617 g/mol. The average Bonchev–Trinajstić information content (AvgIpc) is 3.13. The predicted octanol–water partition coefficient (Wildman–Crippen LogP) is 14.5. The van der Waals surface area contributed by atoms with Gasteiger partial charge in [0.2, 0.25) is 0 Å². The van der Waals surface area contributed by atoms with Gasteiger partial charge in [-0.2, -0.15) is 0 Å². The second kappa shape index (κ2) is 40.5. The lowest BCUT2D eigenvalue weighted by molar-refractivity contribution is 0.258. The van der Waals surface area contributed by atoms with E-state index in [0.29, 0.717) is 13.2 Å². The summed E-state index contributed by atoms with van der Waals surface area (Å²) in [4.78, 5) is 0. The Kier molecular flexibility index (Phi) is 37.9. The van der Waals surface area contributed by atoms with E-state index in [9.17, 15) is 0 Å². The summed E-state index contributed by atoms with van der Waals surface area (Å²) in [6.45, 7) is 2.30. The van der Waals surface area contributed by atoms with Gasteiger partial charge >= 0.3 is 0 Å². The molecule has 1 aromatic rings. The second-order valence-electron chi connectivity index (χ2n) is 15.3. The third-order valence-electron chi connectivity index (χ3n) is 10.5. The fourth-order valence-corrected chi connectivity index (χ4v) is 7.14. The van der Waals surface area contributed by atoms with Crippen LogP contribution in [0.4, 0.5) is 0 Å². The molecule has 4 nitrogen and oxygen atoms in total. The van der Waals surface area contributed by atoms with E-state index < -0.39 is 0 Å². The lowest BCUT2D eigenvalue weighted by atomic mass is 10.0. The molecular formula is C46H86O4. The normalized spacial score (nSPS) is 11.4. The zero-order chi connectivity index (χ0) is 35.7. The summed E-state index contributed by atoms with van der Waals surface area (Å²) in [6.07, 6.45) is 48.1. The summed E-state index contributed by atoms with van der Waals surface area (Å²) in [6, 6.07) is 8.22. The monoisotopic (exact) mass is 703 g/mol. The van der Waals surface area contributed by atoms with Crippen LogP contribution in [0.15, 0.2) is 24.3 Å². The fourth-order valence-electron chi connectivity index (χ4n) is 7.14. The number of hydrogen-bond acceptors (Lipinski definition) is 4. The van der Waals surface area contributed by atoms with Crippen LogP contribution in [-0.2, 0) is 0 Å². The number of aliphatic hydroxyl groups is 2. The molecule has 1 aromatic carbocycles. The number of benzene rings is 1. The zero-order valence-electron chi connectivity index (χ0n) is 33.3. The summed E-state index contributed by atoms with van der Waals surface area (Å²) in [7, 11) is 0. The topological polar surface area (TPSA) is 58.9 Å². The van der Waals surface area contributed by atoms with Crippen molar-refractivity contribution in [2.24, 2.45) is 0 Å². The number of aliphatic hydroxyl groups excluding tert-OH is 2. The minimum atomic E-state index is 0.361. The first-order valence-electron chi connectivity index (χ1n) is 22.4. The number of ether oxygens (including phenoxy) is 2. The maximum Gasteiger partial charge on any atom is 0.161 e. The van der Waals surface area contributed by atoms with Gasteiger partial charge in [0.05, 0.1) is 13.2 Å². The molecule has 0 fully saturated rings. The van der Waals surface area contributed by atoms with E-state index in [-0.39, 0.29) is 0 Å². The summed E-state index contributed by atoms with van der Waals surface area (Å²) in [5, 5.41) is 17.6. The van der Waals surface area contributed by atoms with Gasteiger partial charge in [-0.3, -0.25) is 0 Å². The van der Waals surface area contributed by atoms with E-state index in [1.807, 2.05) is 0 Å². The van der Waals surface area contributed by atoms with Gasteiger partial charge in [0.15, 0.2) is 11.5 Å². The van der Waals surface area contributed by atoms with Crippen LogP contribution in [0, 0.1) is 0 Å². The second-order valence-corrected chi connectivity index (χ2v) is 15.3. The van der Waals surface area contributed by atoms with E-state index in [1.54, 1.807) is 0 Å². The quantitative estimate of drug-likeness (QED) is 0.0666. The summed E-state index contributed by atoms with van der Waals surface area (Å²) in [5.74, 6) is 1.82. The van der Waals surface area contributed by atoms with Crippen molar-refractivity contribution in [3.05, 3.63) is 24.3 Å². The molecule has 0 unspecified atom stereocenters. The third kappa shape index (κ3) is 33.9. The van der Waals surface area contributed by atoms with Crippen LogP contribution >= 0.6 is 0 Å². The van der Waals surface area contributed by atoms with Crippen molar-refractivity contribution in [1.82, 2.24) is 0 Å². The molecule has 294 valence electrons. The molecule has 2 N–H and O–H groups in total. The Morgan fingerprint density at radius 3 is 0.640 bits per heavy atom. The van der Waals surface area contributed by atoms with E-state index in [4.69, 9.17) is 19.7 Å². The predicted molar refractivity (Wildman–Crippen MR) is 218 cm³/mol. The molecule has 50 heavy (non-hydrogen) atoms. The standard InChI is InChI=1S/C46H86O4/c47-41-35-29-25-21-17-13-9-5-1-3-7-11-15-19-23-27-31-37-43-49-45-39-33-34-40-46(45)50-44-38-32-28-24-20-16-12-8-4-2-6-10-14-18-22-26-30-36-42-48/h33-34,39-40,47-48H,1-32,35-38,41-44H2. The summed E-state index contributed by atoms with van der Waals surface area (Å²) >= 11 is 0. The van der Waals surface area contributed by atoms with Crippen LogP contribution in [0.3, 0.4) is 0 Å². The maximum atomic E-state index is 8.82. The van der Waals surface area contributed by atoms with Crippen LogP contribution in [-0.4, -0.2) is 36.6 Å². The van der Waals surface area contributed by atoms with E-state index >= 15 is 0 Å². The van der Waals surface area contributed by atoms with Crippen LogP contribution in [0.25, 0.3) is 0 Å². The van der Waals surface area contributed by atoms with Gasteiger partial charge in [-0.15, -0.1) is 0 Å². The molecule has 0 saturated heterocycles. The molecule has 0 bridgehead atoms. The number of unbranched alkanes of at least 4 members (excludes halogenated alkanes) is 34. The van der Waals surface area contributed by atoms with Crippen molar-refractivity contribution in [2.75, 3.05) is 26.4 Å². The SMILES string of the molecule is OCCCCCCCCCCCCCCCCCCCCOc1ccccc1OCCCCCCCCCCCCCCCCCCCCO. The smallest absolute Gasteiger partial charge is 0.161 e. The molecule has 0 radical (unpaired) electrons. The van der Waals surface area contributed by atoms with Crippen molar-refractivity contribution in [3.63, 3.8) is 0 Å². The molecule has 0 saturated carbocycles. The number of rotatable bonds is 42. The molecule has 0 aromatic heterocycles. The maximum absolute atomic E-state index is 8.82. The molecule has 0 heterocycles. The zero-order valence-corrected chi connectivity index (χ0v) is 33.3. The Morgan fingerprint density at radius 1 is 0.260 bits per heavy atom. The molecule has 0 aliphatic heterocycles. The lowest BCUT2D eigenvalue weighted by Gasteiger charge is -2.12. The van der Waals surface area contributed by atoms with Crippen LogP contribution in [0.1, 0.15) is 231 Å². The minimum Gasteiger partial charge on any atom is -0.490 e. The highest BCUT2D eigenvalue weighted by Gasteiger charge is 2.04. The van der Waals surface area contributed by atoms with Gasteiger partial charge in [0.1, 0.15) is 0 Å². The highest BCUT2D eigenvalue weighted by atomic mass is 16.5. The highest BCUT2D eigenvalue weighted by Crippen LogP contribution is 2.27. The Morgan fingerprint density at radius 2 is 0.440 bits per heavy atom. The first kappa shape index (κ1) is 46.8. The highest BCUT2D eigenvalue weighted by molar-refractivity contribution is 5.39. The Hall–Kier alpha value is -1.26. The molecule has 0 spiro atoms. The third-order valence-corrected chi connectivity index (χ3v) is 10.5. The molecule has 1 rings (SSSR count). The van der Waals surface area contributed by atoms with Gasteiger partial charge in [0, 0.05) is 13.2 Å². The van der Waals surface area contributed by atoms with Gasteiger partial charge in [0.25, 0.3) is 0 Å². The first-order valence-corrected chi connectivity index (χ1v) is 22.4. The van der Waals surface area contributed by atoms with Gasteiger partial charge < -0.3 is 19.7 Å². The van der Waals surface area contributed by atoms with Crippen LogP contribution in [0.5, 0.6) is 11.5 Å². The van der Waals surface area contributed by atoms with E-state index in [2.05, 4.69) is 24.3 Å². The molecule has 0 amide bonds. The lowest BCUT2D eigenvalue weighted by Crippen LogP contribution is -2.02. The largest absolute Gasteiger partial charge is 0.490 e. The fraction of sp³-hybridized carbons (Fsp3) is 0.870. The number of hydrogen-bond donors (Lipinski definition) is 2. The van der Waals surface area contributed by atoms with E-state index in [1.165, 1.54) is 205 Å². The average molecular weight is 703 g/mol. The summed E-state index contributed by atoms with van der Waals surface area (Å²) in [5.41, 5.74) is 0. The molecule has 0 aliphatic carbocycles. The van der Waals surface area contributed by atoms with Gasteiger partial charge in [-0.1, -0.05) is 218 Å². The van der Waals surface area contributed by atoms with Crippen molar-refractivity contribution in [1.29, 1.82) is 0 Å². The van der Waals surface area contributed by atoms with Gasteiger partial charge in [-0.25, -0.2) is 0 Å².